The molecule has 0 saturated heterocycles. The van der Waals surface area contributed by atoms with Crippen LogP contribution in [0.3, 0.4) is 0 Å². The van der Waals surface area contributed by atoms with Crippen LogP contribution >= 0.6 is 11.8 Å². The Hall–Kier alpha value is -2.32. The summed E-state index contributed by atoms with van der Waals surface area (Å²) in [4.78, 5) is 16.9. The van der Waals surface area contributed by atoms with Crippen molar-refractivity contribution in [3.05, 3.63) is 52.7 Å². The van der Waals surface area contributed by atoms with E-state index in [9.17, 15) is 10.1 Å². The van der Waals surface area contributed by atoms with Crippen molar-refractivity contribution in [2.45, 2.75) is 50.5 Å². The van der Waals surface area contributed by atoms with Gasteiger partial charge in [-0.05, 0) is 55.9 Å². The lowest BCUT2D eigenvalue weighted by atomic mass is 10.1. The van der Waals surface area contributed by atoms with Crippen molar-refractivity contribution < 1.29 is 4.79 Å². The Labute approximate surface area is 159 Å². The molecule has 5 heteroatoms. The van der Waals surface area contributed by atoms with Gasteiger partial charge in [-0.3, -0.25) is 4.79 Å². The van der Waals surface area contributed by atoms with E-state index in [-0.39, 0.29) is 5.91 Å². The number of nitrogens with one attached hydrogen (secondary N) is 1. The average molecular weight is 366 g/mol. The van der Waals surface area contributed by atoms with Crippen molar-refractivity contribution in [2.24, 2.45) is 0 Å². The molecule has 4 nitrogen and oxygen atoms in total. The first-order chi connectivity index (χ1) is 12.7. The number of thioether (sulfide) groups is 1. The molecule has 1 N–H and O–H groups in total. The second-order valence-corrected chi connectivity index (χ2v) is 7.66. The van der Waals surface area contributed by atoms with Gasteiger partial charge in [0.1, 0.15) is 11.1 Å². The van der Waals surface area contributed by atoms with Crippen molar-refractivity contribution in [3.8, 4) is 6.07 Å². The van der Waals surface area contributed by atoms with Crippen molar-refractivity contribution in [2.75, 3.05) is 11.1 Å². The van der Waals surface area contributed by atoms with Gasteiger partial charge in [0.15, 0.2) is 0 Å². The normalized spacial score (nSPS) is 13.4. The minimum absolute atomic E-state index is 0.0138. The van der Waals surface area contributed by atoms with E-state index < -0.39 is 0 Å². The maximum Gasteiger partial charge on any atom is 0.225 e. The van der Waals surface area contributed by atoms with E-state index in [1.165, 1.54) is 30.2 Å². The molecule has 0 spiro atoms. The second-order valence-electron chi connectivity index (χ2n) is 6.58. The van der Waals surface area contributed by atoms with Crippen LogP contribution in [0.15, 0.2) is 35.4 Å². The molecule has 1 amide bonds. The number of aryl methyl sites for hydroxylation is 3. The number of pyridine rings is 1. The first-order valence-electron chi connectivity index (χ1n) is 9.08. The lowest BCUT2D eigenvalue weighted by molar-refractivity contribution is -0.115. The van der Waals surface area contributed by atoms with Gasteiger partial charge in [-0.1, -0.05) is 24.6 Å². The molecule has 2 aromatic rings. The summed E-state index contributed by atoms with van der Waals surface area (Å²) in [6, 6.07) is 12.0. The summed E-state index contributed by atoms with van der Waals surface area (Å²) < 4.78 is 0. The Kier molecular flexibility index (Phi) is 6.30. The summed E-state index contributed by atoms with van der Waals surface area (Å²) in [5.41, 5.74) is 4.89. The summed E-state index contributed by atoms with van der Waals surface area (Å²) in [6.45, 7) is 1.98. The quantitative estimate of drug-likeness (QED) is 0.618. The molecule has 134 valence electrons. The number of hydrogen-bond acceptors (Lipinski definition) is 4. The number of aromatic nitrogens is 1. The molecule has 0 saturated carbocycles. The molecule has 1 heterocycles. The zero-order chi connectivity index (χ0) is 18.4. The number of anilines is 1. The highest BCUT2D eigenvalue weighted by molar-refractivity contribution is 7.99. The molecular formula is C21H23N3OS. The summed E-state index contributed by atoms with van der Waals surface area (Å²) >= 11 is 1.50. The molecule has 26 heavy (non-hydrogen) atoms. The van der Waals surface area contributed by atoms with Gasteiger partial charge in [0.2, 0.25) is 5.91 Å². The van der Waals surface area contributed by atoms with Gasteiger partial charge >= 0.3 is 0 Å². The Balaban J connectivity index is 1.61. The molecule has 0 radical (unpaired) electrons. The third-order valence-corrected chi connectivity index (χ3v) is 5.62. The molecule has 1 aromatic carbocycles. The van der Waals surface area contributed by atoms with Crippen LogP contribution in [0.5, 0.6) is 0 Å². The second kappa shape index (κ2) is 8.86. The molecule has 0 fully saturated rings. The third-order valence-electron chi connectivity index (χ3n) is 4.62. The SMILES string of the molecule is Cc1ccccc1NC(=O)CCSc1nc2c(cc1C#N)CCCCC2. The molecule has 1 aliphatic rings. The number of hydrogen-bond donors (Lipinski definition) is 1. The first-order valence-corrected chi connectivity index (χ1v) is 10.1. The van der Waals surface area contributed by atoms with E-state index in [1.54, 1.807) is 0 Å². The van der Waals surface area contributed by atoms with E-state index in [2.05, 4.69) is 11.4 Å². The predicted octanol–water partition coefficient (Wildman–Crippen LogP) is 4.65. The smallest absolute Gasteiger partial charge is 0.225 e. The molecule has 0 aliphatic heterocycles. The van der Waals surface area contributed by atoms with Crippen LogP contribution in [-0.4, -0.2) is 16.6 Å². The number of fused-ring (bicyclic) bond motifs is 1. The number of nitrogens with zero attached hydrogens (tertiary/aromatic N) is 2. The molecule has 1 aliphatic carbocycles. The van der Waals surface area contributed by atoms with E-state index in [1.807, 2.05) is 37.3 Å². The number of carbonyl (C=O) groups is 1. The van der Waals surface area contributed by atoms with Gasteiger partial charge < -0.3 is 5.32 Å². The highest BCUT2D eigenvalue weighted by Gasteiger charge is 2.15. The minimum Gasteiger partial charge on any atom is -0.326 e. The van der Waals surface area contributed by atoms with E-state index in [0.29, 0.717) is 17.7 Å². The van der Waals surface area contributed by atoms with Crippen molar-refractivity contribution in [3.63, 3.8) is 0 Å². The van der Waals surface area contributed by atoms with Crippen LogP contribution in [0.25, 0.3) is 0 Å². The van der Waals surface area contributed by atoms with Gasteiger partial charge in [0, 0.05) is 23.6 Å². The maximum atomic E-state index is 12.2. The van der Waals surface area contributed by atoms with Gasteiger partial charge in [-0.25, -0.2) is 4.98 Å². The number of para-hydroxylation sites is 1. The fourth-order valence-corrected chi connectivity index (χ4v) is 4.06. The molecule has 0 unspecified atom stereocenters. The lowest BCUT2D eigenvalue weighted by Gasteiger charge is -2.10. The molecule has 1 aromatic heterocycles. The number of carbonyl (C=O) groups excluding carboxylic acids is 1. The predicted molar refractivity (Wildman–Crippen MR) is 105 cm³/mol. The zero-order valence-corrected chi connectivity index (χ0v) is 15.9. The van der Waals surface area contributed by atoms with Crippen LogP contribution in [0, 0.1) is 18.3 Å². The minimum atomic E-state index is -0.0138. The van der Waals surface area contributed by atoms with Crippen LogP contribution < -0.4 is 5.32 Å². The van der Waals surface area contributed by atoms with Gasteiger partial charge in [0.05, 0.1) is 5.56 Å². The van der Waals surface area contributed by atoms with E-state index in [4.69, 9.17) is 4.98 Å². The van der Waals surface area contributed by atoms with Crippen LogP contribution in [0.2, 0.25) is 0 Å². The molecule has 0 bridgehead atoms. The highest BCUT2D eigenvalue weighted by Crippen LogP contribution is 2.27. The first kappa shape index (κ1) is 18.5. The topological polar surface area (TPSA) is 65.8 Å². The summed E-state index contributed by atoms with van der Waals surface area (Å²) in [5.74, 6) is 0.595. The van der Waals surface area contributed by atoms with Crippen LogP contribution in [0.1, 0.15) is 48.1 Å². The summed E-state index contributed by atoms with van der Waals surface area (Å²) in [6.07, 6.45) is 5.95. The number of nitriles is 1. The van der Waals surface area contributed by atoms with Crippen LogP contribution in [0.4, 0.5) is 5.69 Å². The summed E-state index contributed by atoms with van der Waals surface area (Å²) in [7, 11) is 0. The number of benzene rings is 1. The third kappa shape index (κ3) is 4.64. The Morgan fingerprint density at radius 1 is 1.27 bits per heavy atom. The summed E-state index contributed by atoms with van der Waals surface area (Å²) in [5, 5.41) is 13.1. The van der Waals surface area contributed by atoms with E-state index >= 15 is 0 Å². The Morgan fingerprint density at radius 2 is 2.08 bits per heavy atom. The fourth-order valence-electron chi connectivity index (χ4n) is 3.15. The van der Waals surface area contributed by atoms with Crippen molar-refractivity contribution >= 4 is 23.4 Å². The number of amides is 1. The molecular weight excluding hydrogens is 342 g/mol. The van der Waals surface area contributed by atoms with E-state index in [0.717, 1.165) is 41.2 Å². The monoisotopic (exact) mass is 365 g/mol. The average Bonchev–Trinajstić information content (AvgIpc) is 2.87. The van der Waals surface area contributed by atoms with Crippen molar-refractivity contribution in [1.29, 1.82) is 5.26 Å². The fraction of sp³-hybridized carbons (Fsp3) is 0.381. The van der Waals surface area contributed by atoms with Gasteiger partial charge in [-0.15, -0.1) is 11.8 Å². The molecule has 3 rings (SSSR count). The largest absolute Gasteiger partial charge is 0.326 e. The van der Waals surface area contributed by atoms with Gasteiger partial charge in [0.25, 0.3) is 0 Å². The lowest BCUT2D eigenvalue weighted by Crippen LogP contribution is -2.13. The van der Waals surface area contributed by atoms with Crippen LogP contribution in [-0.2, 0) is 17.6 Å². The highest BCUT2D eigenvalue weighted by atomic mass is 32.2. The van der Waals surface area contributed by atoms with Gasteiger partial charge in [-0.2, -0.15) is 5.26 Å². The zero-order valence-electron chi connectivity index (χ0n) is 15.0. The Morgan fingerprint density at radius 3 is 2.88 bits per heavy atom. The maximum absolute atomic E-state index is 12.2. The standard InChI is InChI=1S/C21H23N3OS/c1-15-7-5-6-9-18(15)23-20(25)11-12-26-21-17(14-22)13-16-8-3-2-4-10-19(16)24-21/h5-7,9,13H,2-4,8,10-12H2,1H3,(H,23,25). The van der Waals surface area contributed by atoms with Crippen molar-refractivity contribution in [1.82, 2.24) is 4.98 Å². The number of rotatable bonds is 5. The Bertz CT molecular complexity index is 842. The molecule has 0 atom stereocenters.